The molecule has 28 heavy (non-hydrogen) atoms. The molecule has 1 aromatic rings. The Hall–Kier alpha value is -3.82. The molecule has 2 N–H and O–H groups in total. The first-order chi connectivity index (χ1) is 13.1. The predicted molar refractivity (Wildman–Crippen MR) is 98.4 cm³/mol. The lowest BCUT2D eigenvalue weighted by molar-refractivity contribution is -0.142. The third-order valence-corrected chi connectivity index (χ3v) is 3.70. The molecule has 1 saturated heterocycles. The minimum atomic E-state index is -1.11. The van der Waals surface area contributed by atoms with Crippen molar-refractivity contribution >= 4 is 46.8 Å². The summed E-state index contributed by atoms with van der Waals surface area (Å²) < 4.78 is 0. The molecule has 0 atom stereocenters. The van der Waals surface area contributed by atoms with Gasteiger partial charge in [-0.05, 0) is 18.2 Å². The molecule has 0 radical (unpaired) electrons. The largest absolute Gasteiger partial charge is 0.334 e. The van der Waals surface area contributed by atoms with E-state index in [4.69, 9.17) is 0 Å². The summed E-state index contributed by atoms with van der Waals surface area (Å²) in [4.78, 5) is 72.6. The Balaban J connectivity index is 2.30. The molecule has 10 nitrogen and oxygen atoms in total. The van der Waals surface area contributed by atoms with E-state index in [0.717, 1.165) is 0 Å². The number of anilines is 2. The maximum atomic E-state index is 12.7. The predicted octanol–water partition coefficient (Wildman–Crippen LogP) is 0.763. The van der Waals surface area contributed by atoms with Crippen LogP contribution in [0.5, 0.6) is 0 Å². The van der Waals surface area contributed by atoms with E-state index < -0.39 is 36.1 Å². The number of amides is 6. The number of ketones is 1. The van der Waals surface area contributed by atoms with Gasteiger partial charge in [0.1, 0.15) is 0 Å². The van der Waals surface area contributed by atoms with Crippen molar-refractivity contribution < 1.29 is 28.8 Å². The summed E-state index contributed by atoms with van der Waals surface area (Å²) >= 11 is 0. The number of nitrogens with one attached hydrogen (secondary N) is 2. The van der Waals surface area contributed by atoms with Gasteiger partial charge in [0.25, 0.3) is 0 Å². The molecule has 0 bridgehead atoms. The average Bonchev–Trinajstić information content (AvgIpc) is 2.79. The molecular formula is C18H18N4O6. The number of imide groups is 2. The Morgan fingerprint density at radius 2 is 1.61 bits per heavy atom. The molecule has 6 amide bonds. The molecule has 1 heterocycles. The van der Waals surface area contributed by atoms with Gasteiger partial charge in [0.2, 0.25) is 11.8 Å². The molecule has 0 saturated carbocycles. The van der Waals surface area contributed by atoms with Crippen LogP contribution in [-0.4, -0.2) is 58.3 Å². The van der Waals surface area contributed by atoms with Crippen LogP contribution in [0.4, 0.5) is 16.2 Å². The van der Waals surface area contributed by atoms with Crippen molar-refractivity contribution in [2.45, 2.75) is 13.8 Å². The van der Waals surface area contributed by atoms with Gasteiger partial charge in [0.15, 0.2) is 5.78 Å². The standard InChI is InChI=1S/C18H18N4O6/c1-4-7-21-16(26)17(27)22(18(21)28)9-15(25)13-6-5-12(19-10(2)23)8-14(13)20-11(3)24/h4-6,8H,1,7,9H2,2-3H3,(H,19,23)(H,20,24). The fourth-order valence-electron chi connectivity index (χ4n) is 2.57. The summed E-state index contributed by atoms with van der Waals surface area (Å²) in [6.45, 7) is 5.11. The van der Waals surface area contributed by atoms with Crippen molar-refractivity contribution in [3.63, 3.8) is 0 Å². The molecule has 1 aliphatic heterocycles. The van der Waals surface area contributed by atoms with Gasteiger partial charge < -0.3 is 10.6 Å². The third kappa shape index (κ3) is 4.29. The number of urea groups is 1. The zero-order chi connectivity index (χ0) is 21.0. The molecule has 0 unspecified atom stereocenters. The Labute approximate surface area is 160 Å². The summed E-state index contributed by atoms with van der Waals surface area (Å²) in [5.41, 5.74) is 0.449. The number of hydrogen-bond donors (Lipinski definition) is 2. The number of hydrogen-bond acceptors (Lipinski definition) is 6. The molecule has 1 aliphatic rings. The average molecular weight is 386 g/mol. The quantitative estimate of drug-likeness (QED) is 0.308. The summed E-state index contributed by atoms with van der Waals surface area (Å²) in [6.07, 6.45) is 1.28. The summed E-state index contributed by atoms with van der Waals surface area (Å²) in [6, 6.07) is 3.23. The Bertz CT molecular complexity index is 907. The summed E-state index contributed by atoms with van der Waals surface area (Å²) in [5.74, 6) is -3.64. The molecule has 10 heteroatoms. The van der Waals surface area contributed by atoms with Crippen molar-refractivity contribution in [1.29, 1.82) is 0 Å². The molecular weight excluding hydrogens is 368 g/mol. The van der Waals surface area contributed by atoms with E-state index in [1.165, 1.54) is 38.1 Å². The number of carbonyl (C=O) groups is 6. The second-order valence-electron chi connectivity index (χ2n) is 5.92. The van der Waals surface area contributed by atoms with Crippen molar-refractivity contribution in [3.8, 4) is 0 Å². The van der Waals surface area contributed by atoms with Crippen LogP contribution in [0, 0.1) is 0 Å². The molecule has 1 fully saturated rings. The van der Waals surface area contributed by atoms with Crippen LogP contribution < -0.4 is 10.6 Å². The van der Waals surface area contributed by atoms with Crippen molar-refractivity contribution in [1.82, 2.24) is 9.80 Å². The maximum absolute atomic E-state index is 12.7. The maximum Gasteiger partial charge on any atom is 0.334 e. The fraction of sp³-hybridized carbons (Fsp3) is 0.222. The molecule has 2 rings (SSSR count). The van der Waals surface area contributed by atoms with Crippen LogP contribution in [0.1, 0.15) is 24.2 Å². The zero-order valence-electron chi connectivity index (χ0n) is 15.3. The highest BCUT2D eigenvalue weighted by Gasteiger charge is 2.44. The number of rotatable bonds is 7. The van der Waals surface area contributed by atoms with Gasteiger partial charge in [-0.25, -0.2) is 9.69 Å². The highest BCUT2D eigenvalue weighted by molar-refractivity contribution is 6.45. The van der Waals surface area contributed by atoms with E-state index in [0.29, 0.717) is 15.5 Å². The third-order valence-electron chi connectivity index (χ3n) is 3.70. The van der Waals surface area contributed by atoms with Crippen molar-refractivity contribution in [2.24, 2.45) is 0 Å². The number of nitrogens with zero attached hydrogens (tertiary/aromatic N) is 2. The Kier molecular flexibility index (Phi) is 6.04. The first kappa shape index (κ1) is 20.5. The minimum absolute atomic E-state index is 0.0134. The van der Waals surface area contributed by atoms with Gasteiger partial charge in [-0.1, -0.05) is 6.08 Å². The molecule has 146 valence electrons. The second-order valence-corrected chi connectivity index (χ2v) is 5.92. The van der Waals surface area contributed by atoms with Gasteiger partial charge in [0, 0.05) is 31.6 Å². The van der Waals surface area contributed by atoms with Crippen LogP contribution in [0.25, 0.3) is 0 Å². The van der Waals surface area contributed by atoms with E-state index in [-0.39, 0.29) is 23.7 Å². The summed E-state index contributed by atoms with van der Waals surface area (Å²) in [7, 11) is 0. The Morgan fingerprint density at radius 1 is 1.00 bits per heavy atom. The van der Waals surface area contributed by atoms with E-state index >= 15 is 0 Å². The molecule has 0 aliphatic carbocycles. The van der Waals surface area contributed by atoms with Gasteiger partial charge >= 0.3 is 17.8 Å². The van der Waals surface area contributed by atoms with Crippen LogP contribution in [0.3, 0.4) is 0 Å². The number of benzene rings is 1. The monoisotopic (exact) mass is 386 g/mol. The van der Waals surface area contributed by atoms with E-state index in [1.54, 1.807) is 0 Å². The number of Topliss-reactive ketones (excluding diaryl/α,β-unsaturated/α-hetero) is 1. The minimum Gasteiger partial charge on any atom is -0.326 e. The lowest BCUT2D eigenvalue weighted by atomic mass is 10.1. The molecule has 0 spiro atoms. The van der Waals surface area contributed by atoms with Gasteiger partial charge in [-0.3, -0.25) is 28.9 Å². The Morgan fingerprint density at radius 3 is 2.18 bits per heavy atom. The lowest BCUT2D eigenvalue weighted by Gasteiger charge is -2.16. The molecule has 0 aromatic heterocycles. The van der Waals surface area contributed by atoms with Gasteiger partial charge in [0.05, 0.1) is 12.2 Å². The van der Waals surface area contributed by atoms with E-state index in [2.05, 4.69) is 17.2 Å². The topological polar surface area (TPSA) is 133 Å². The van der Waals surface area contributed by atoms with Gasteiger partial charge in [-0.2, -0.15) is 0 Å². The first-order valence-electron chi connectivity index (χ1n) is 8.16. The second kappa shape index (κ2) is 8.25. The lowest BCUT2D eigenvalue weighted by Crippen LogP contribution is -2.37. The van der Waals surface area contributed by atoms with E-state index in [1.807, 2.05) is 0 Å². The number of carbonyl (C=O) groups excluding carboxylic acids is 6. The van der Waals surface area contributed by atoms with Crippen molar-refractivity contribution in [2.75, 3.05) is 23.7 Å². The van der Waals surface area contributed by atoms with Crippen LogP contribution in [-0.2, 0) is 19.2 Å². The zero-order valence-corrected chi connectivity index (χ0v) is 15.3. The molecule has 1 aromatic carbocycles. The highest BCUT2D eigenvalue weighted by Crippen LogP contribution is 2.23. The SMILES string of the molecule is C=CCN1C(=O)C(=O)N(CC(=O)c2ccc(NC(C)=O)cc2NC(C)=O)C1=O. The van der Waals surface area contributed by atoms with Crippen LogP contribution in [0.2, 0.25) is 0 Å². The summed E-state index contributed by atoms with van der Waals surface area (Å²) in [5, 5.41) is 4.98. The normalized spacial score (nSPS) is 13.6. The van der Waals surface area contributed by atoms with Gasteiger partial charge in [-0.15, -0.1) is 6.58 Å². The van der Waals surface area contributed by atoms with Crippen molar-refractivity contribution in [3.05, 3.63) is 36.4 Å². The smallest absolute Gasteiger partial charge is 0.326 e. The highest BCUT2D eigenvalue weighted by atomic mass is 16.2. The van der Waals surface area contributed by atoms with Crippen LogP contribution in [0.15, 0.2) is 30.9 Å². The van der Waals surface area contributed by atoms with E-state index in [9.17, 15) is 28.8 Å². The van der Waals surface area contributed by atoms with Crippen LogP contribution >= 0.6 is 0 Å². The first-order valence-corrected chi connectivity index (χ1v) is 8.16. The fourth-order valence-corrected chi connectivity index (χ4v) is 2.57.